The molecule has 1 aromatic heterocycles. The Morgan fingerprint density at radius 2 is 2.00 bits per heavy atom. The van der Waals surface area contributed by atoms with E-state index in [0.29, 0.717) is 17.1 Å². The molecule has 2 aromatic rings. The molecule has 0 radical (unpaired) electrons. The largest absolute Gasteiger partial charge is 0.452 e. The standard InChI is InChI=1S/C21H24N2O4S/c1-2-15-8-5-6-12-23(15)19(24)14-27-21(26)16-9-3-4-10-17(16)22-20(25)18-11-7-13-28-18/h3-4,7,9-11,13,15H,2,5-6,8,12,14H2,1H3,(H,22,25). The lowest BCUT2D eigenvalue weighted by Crippen LogP contribution is -2.45. The normalized spacial score (nSPS) is 16.5. The van der Waals surface area contributed by atoms with Crippen molar-refractivity contribution in [2.45, 2.75) is 38.6 Å². The lowest BCUT2D eigenvalue weighted by molar-refractivity contribution is -0.138. The minimum Gasteiger partial charge on any atom is -0.452 e. The summed E-state index contributed by atoms with van der Waals surface area (Å²) in [4.78, 5) is 39.7. The van der Waals surface area contributed by atoms with Gasteiger partial charge in [-0.25, -0.2) is 4.79 Å². The van der Waals surface area contributed by atoms with E-state index in [1.165, 1.54) is 11.3 Å². The zero-order chi connectivity index (χ0) is 19.9. The van der Waals surface area contributed by atoms with Crippen molar-refractivity contribution in [2.24, 2.45) is 0 Å². The molecule has 28 heavy (non-hydrogen) atoms. The second-order valence-corrected chi connectivity index (χ2v) is 7.65. The van der Waals surface area contributed by atoms with E-state index in [2.05, 4.69) is 12.2 Å². The quantitative estimate of drug-likeness (QED) is 0.745. The molecule has 1 aliphatic rings. The first-order valence-electron chi connectivity index (χ1n) is 9.50. The van der Waals surface area contributed by atoms with Crippen LogP contribution < -0.4 is 5.32 Å². The number of nitrogens with one attached hydrogen (secondary N) is 1. The van der Waals surface area contributed by atoms with E-state index >= 15 is 0 Å². The highest BCUT2D eigenvalue weighted by molar-refractivity contribution is 7.12. The highest BCUT2D eigenvalue weighted by Crippen LogP contribution is 2.21. The maximum Gasteiger partial charge on any atom is 0.340 e. The molecule has 0 spiro atoms. The molecule has 6 nitrogen and oxygen atoms in total. The van der Waals surface area contributed by atoms with Crippen LogP contribution in [0.4, 0.5) is 5.69 Å². The number of hydrogen-bond acceptors (Lipinski definition) is 5. The molecule has 7 heteroatoms. The predicted molar refractivity (Wildman–Crippen MR) is 109 cm³/mol. The molecule has 1 saturated heterocycles. The van der Waals surface area contributed by atoms with Gasteiger partial charge < -0.3 is 15.0 Å². The minimum absolute atomic E-state index is 0.167. The fourth-order valence-corrected chi connectivity index (χ4v) is 4.02. The van der Waals surface area contributed by atoms with Crippen molar-refractivity contribution < 1.29 is 19.1 Å². The second-order valence-electron chi connectivity index (χ2n) is 6.70. The molecule has 0 saturated carbocycles. The molecular formula is C21H24N2O4S. The van der Waals surface area contributed by atoms with Gasteiger partial charge in [0, 0.05) is 12.6 Å². The van der Waals surface area contributed by atoms with E-state index in [1.807, 2.05) is 10.3 Å². The third-order valence-electron chi connectivity index (χ3n) is 4.89. The van der Waals surface area contributed by atoms with E-state index < -0.39 is 5.97 Å². The molecule has 0 aliphatic carbocycles. The zero-order valence-electron chi connectivity index (χ0n) is 15.8. The SMILES string of the molecule is CCC1CCCCN1C(=O)COC(=O)c1ccccc1NC(=O)c1cccs1. The van der Waals surface area contributed by atoms with Crippen LogP contribution in [0.1, 0.15) is 52.6 Å². The fraction of sp³-hybridized carbons (Fsp3) is 0.381. The number of likely N-dealkylation sites (tertiary alicyclic amines) is 1. The van der Waals surface area contributed by atoms with Gasteiger partial charge in [-0.1, -0.05) is 25.1 Å². The van der Waals surface area contributed by atoms with E-state index in [0.717, 1.165) is 25.7 Å². The Bertz CT molecular complexity index is 835. The average Bonchev–Trinajstić information content (AvgIpc) is 3.27. The summed E-state index contributed by atoms with van der Waals surface area (Å²) in [6.45, 7) is 2.49. The Labute approximate surface area is 168 Å². The smallest absolute Gasteiger partial charge is 0.340 e. The van der Waals surface area contributed by atoms with Crippen molar-refractivity contribution in [1.82, 2.24) is 4.90 Å². The van der Waals surface area contributed by atoms with Crippen LogP contribution in [0.15, 0.2) is 41.8 Å². The van der Waals surface area contributed by atoms with Crippen LogP contribution in [-0.4, -0.2) is 41.9 Å². The van der Waals surface area contributed by atoms with Crippen LogP contribution in [0.2, 0.25) is 0 Å². The summed E-state index contributed by atoms with van der Waals surface area (Å²) in [5.41, 5.74) is 0.591. The van der Waals surface area contributed by atoms with Crippen LogP contribution in [0.25, 0.3) is 0 Å². The molecular weight excluding hydrogens is 376 g/mol. The van der Waals surface area contributed by atoms with E-state index in [-0.39, 0.29) is 30.0 Å². The minimum atomic E-state index is -0.625. The van der Waals surface area contributed by atoms with Gasteiger partial charge in [-0.15, -0.1) is 11.3 Å². The number of thiophene rings is 1. The first-order valence-corrected chi connectivity index (χ1v) is 10.4. The number of anilines is 1. The van der Waals surface area contributed by atoms with Crippen LogP contribution in [0.3, 0.4) is 0 Å². The van der Waals surface area contributed by atoms with E-state index in [1.54, 1.807) is 36.4 Å². The summed E-state index contributed by atoms with van der Waals surface area (Å²) in [7, 11) is 0. The van der Waals surface area contributed by atoms with Crippen LogP contribution in [-0.2, 0) is 9.53 Å². The Kier molecular flexibility index (Phi) is 6.81. The van der Waals surface area contributed by atoms with Gasteiger partial charge in [-0.2, -0.15) is 0 Å². The Hall–Kier alpha value is -2.67. The highest BCUT2D eigenvalue weighted by Gasteiger charge is 2.26. The van der Waals surface area contributed by atoms with Gasteiger partial charge in [0.25, 0.3) is 11.8 Å². The summed E-state index contributed by atoms with van der Waals surface area (Å²) >= 11 is 1.32. The molecule has 3 rings (SSSR count). The Balaban J connectivity index is 1.63. The molecule has 2 amide bonds. The summed E-state index contributed by atoms with van der Waals surface area (Å²) in [6.07, 6.45) is 4.00. The van der Waals surface area contributed by atoms with Crippen molar-refractivity contribution in [1.29, 1.82) is 0 Å². The van der Waals surface area contributed by atoms with Crippen LogP contribution in [0, 0.1) is 0 Å². The summed E-state index contributed by atoms with van der Waals surface area (Å²) in [5.74, 6) is -1.08. The number of esters is 1. The molecule has 2 heterocycles. The summed E-state index contributed by atoms with van der Waals surface area (Å²) in [6, 6.07) is 10.4. The summed E-state index contributed by atoms with van der Waals surface area (Å²) < 4.78 is 5.27. The highest BCUT2D eigenvalue weighted by atomic mass is 32.1. The molecule has 1 aromatic carbocycles. The first kappa shape index (κ1) is 20.1. The molecule has 1 unspecified atom stereocenters. The third kappa shape index (κ3) is 4.78. The molecule has 1 aliphatic heterocycles. The van der Waals surface area contributed by atoms with Gasteiger partial charge in [0.15, 0.2) is 6.61 Å². The summed E-state index contributed by atoms with van der Waals surface area (Å²) in [5, 5.41) is 4.55. The van der Waals surface area contributed by atoms with Crippen LogP contribution in [0.5, 0.6) is 0 Å². The lowest BCUT2D eigenvalue weighted by Gasteiger charge is -2.35. The predicted octanol–water partition coefficient (Wildman–Crippen LogP) is 3.95. The number of ether oxygens (including phenoxy) is 1. The van der Waals surface area contributed by atoms with Gasteiger partial charge in [-0.3, -0.25) is 9.59 Å². The van der Waals surface area contributed by atoms with Crippen LogP contribution >= 0.6 is 11.3 Å². The molecule has 0 bridgehead atoms. The monoisotopic (exact) mass is 400 g/mol. The Morgan fingerprint density at radius 1 is 1.18 bits per heavy atom. The maximum atomic E-state index is 12.5. The lowest BCUT2D eigenvalue weighted by atomic mass is 10.00. The number of nitrogens with zero attached hydrogens (tertiary/aromatic N) is 1. The van der Waals surface area contributed by atoms with Crippen molar-refractivity contribution in [3.05, 3.63) is 52.2 Å². The maximum absolute atomic E-state index is 12.5. The number of amides is 2. The fourth-order valence-electron chi connectivity index (χ4n) is 3.40. The number of piperidine rings is 1. The average molecular weight is 401 g/mol. The number of rotatable bonds is 6. The second kappa shape index (κ2) is 9.50. The van der Waals surface area contributed by atoms with Gasteiger partial charge >= 0.3 is 5.97 Å². The third-order valence-corrected chi connectivity index (χ3v) is 5.75. The van der Waals surface area contributed by atoms with Crippen molar-refractivity contribution >= 4 is 34.8 Å². The van der Waals surface area contributed by atoms with Crippen molar-refractivity contribution in [3.63, 3.8) is 0 Å². The number of para-hydroxylation sites is 1. The zero-order valence-corrected chi connectivity index (χ0v) is 16.7. The topological polar surface area (TPSA) is 75.7 Å². The van der Waals surface area contributed by atoms with E-state index in [4.69, 9.17) is 4.74 Å². The van der Waals surface area contributed by atoms with Gasteiger partial charge in [0.2, 0.25) is 0 Å². The molecule has 148 valence electrons. The molecule has 1 atom stereocenters. The number of carbonyl (C=O) groups is 3. The van der Waals surface area contributed by atoms with Gasteiger partial charge in [-0.05, 0) is 49.3 Å². The molecule has 1 fully saturated rings. The Morgan fingerprint density at radius 3 is 2.75 bits per heavy atom. The first-order chi connectivity index (χ1) is 13.6. The number of carbonyl (C=O) groups excluding carboxylic acids is 3. The van der Waals surface area contributed by atoms with Crippen molar-refractivity contribution in [3.8, 4) is 0 Å². The number of hydrogen-bond donors (Lipinski definition) is 1. The van der Waals surface area contributed by atoms with Gasteiger partial charge in [0.05, 0.1) is 16.1 Å². The molecule has 1 N–H and O–H groups in total. The van der Waals surface area contributed by atoms with E-state index in [9.17, 15) is 14.4 Å². The van der Waals surface area contributed by atoms with Gasteiger partial charge in [0.1, 0.15) is 0 Å². The number of benzene rings is 1. The van der Waals surface area contributed by atoms with Crippen molar-refractivity contribution in [2.75, 3.05) is 18.5 Å².